The van der Waals surface area contributed by atoms with Crippen molar-refractivity contribution in [2.75, 3.05) is 11.9 Å². The van der Waals surface area contributed by atoms with E-state index in [1.54, 1.807) is 13.0 Å². The Bertz CT molecular complexity index is 634. The summed E-state index contributed by atoms with van der Waals surface area (Å²) >= 11 is 3.33. The Morgan fingerprint density at radius 3 is 2.75 bits per heavy atom. The highest BCUT2D eigenvalue weighted by Gasteiger charge is 2.12. The van der Waals surface area contributed by atoms with Gasteiger partial charge in [-0.1, -0.05) is 0 Å². The summed E-state index contributed by atoms with van der Waals surface area (Å²) in [5, 5.41) is 3.15. The third-order valence-corrected chi connectivity index (χ3v) is 3.31. The second-order valence-electron chi connectivity index (χ2n) is 4.26. The van der Waals surface area contributed by atoms with Gasteiger partial charge in [0.25, 0.3) is 0 Å². The van der Waals surface area contributed by atoms with E-state index in [-0.39, 0.29) is 5.82 Å². The number of hydrogen-bond donors (Lipinski definition) is 1. The van der Waals surface area contributed by atoms with Gasteiger partial charge in [-0.05, 0) is 48.8 Å². The van der Waals surface area contributed by atoms with Crippen molar-refractivity contribution >= 4 is 21.7 Å². The van der Waals surface area contributed by atoms with Crippen molar-refractivity contribution in [1.82, 2.24) is 9.97 Å². The van der Waals surface area contributed by atoms with Gasteiger partial charge >= 0.3 is 0 Å². The highest BCUT2D eigenvalue weighted by atomic mass is 79.9. The maximum Gasteiger partial charge on any atom is 0.227 e. The molecule has 0 aliphatic rings. The summed E-state index contributed by atoms with van der Waals surface area (Å²) in [7, 11) is 0. The monoisotopic (exact) mass is 339 g/mol. The molecule has 0 spiro atoms. The van der Waals surface area contributed by atoms with Crippen LogP contribution >= 0.6 is 15.9 Å². The minimum absolute atomic E-state index is 0.362. The molecule has 0 radical (unpaired) electrons. The fraction of sp³-hybridized carbons (Fsp3) is 0.286. The SMILES string of the molecule is CCNc1nc(C)nc(Oc2cc(F)ccc2Br)c1C. The Morgan fingerprint density at radius 2 is 2.05 bits per heavy atom. The van der Waals surface area contributed by atoms with Gasteiger partial charge in [0.1, 0.15) is 23.2 Å². The van der Waals surface area contributed by atoms with Crippen molar-refractivity contribution in [1.29, 1.82) is 0 Å². The summed E-state index contributed by atoms with van der Waals surface area (Å²) in [6.45, 7) is 6.38. The zero-order chi connectivity index (χ0) is 14.7. The lowest BCUT2D eigenvalue weighted by Gasteiger charge is -2.13. The molecule has 20 heavy (non-hydrogen) atoms. The summed E-state index contributed by atoms with van der Waals surface area (Å²) in [4.78, 5) is 8.58. The molecule has 4 nitrogen and oxygen atoms in total. The molecule has 0 saturated carbocycles. The van der Waals surface area contributed by atoms with Crippen LogP contribution in [-0.4, -0.2) is 16.5 Å². The van der Waals surface area contributed by atoms with Gasteiger partial charge in [-0.15, -0.1) is 0 Å². The first-order chi connectivity index (χ1) is 9.51. The molecule has 0 bridgehead atoms. The number of anilines is 1. The normalized spacial score (nSPS) is 10.4. The molecule has 0 aliphatic heterocycles. The second-order valence-corrected chi connectivity index (χ2v) is 5.11. The van der Waals surface area contributed by atoms with Crippen LogP contribution in [0.15, 0.2) is 22.7 Å². The van der Waals surface area contributed by atoms with Crippen molar-refractivity contribution < 1.29 is 9.13 Å². The quantitative estimate of drug-likeness (QED) is 0.905. The van der Waals surface area contributed by atoms with Crippen LogP contribution in [0.1, 0.15) is 18.3 Å². The van der Waals surface area contributed by atoms with E-state index in [1.165, 1.54) is 12.1 Å². The van der Waals surface area contributed by atoms with Gasteiger partial charge in [-0.3, -0.25) is 0 Å². The Morgan fingerprint density at radius 1 is 1.30 bits per heavy atom. The number of aryl methyl sites for hydroxylation is 1. The molecule has 0 fully saturated rings. The summed E-state index contributed by atoms with van der Waals surface area (Å²) in [6, 6.07) is 4.27. The van der Waals surface area contributed by atoms with Crippen molar-refractivity contribution in [3.8, 4) is 11.6 Å². The van der Waals surface area contributed by atoms with E-state index < -0.39 is 0 Å². The lowest BCUT2D eigenvalue weighted by Crippen LogP contribution is -2.06. The molecule has 1 aromatic heterocycles. The van der Waals surface area contributed by atoms with Crippen LogP contribution in [0.5, 0.6) is 11.6 Å². The van der Waals surface area contributed by atoms with E-state index >= 15 is 0 Å². The Kier molecular flexibility index (Phi) is 4.54. The average molecular weight is 340 g/mol. The zero-order valence-corrected chi connectivity index (χ0v) is 13.1. The lowest BCUT2D eigenvalue weighted by atomic mass is 10.3. The standard InChI is InChI=1S/C14H15BrFN3O/c1-4-17-13-8(2)14(19-9(3)18-13)20-12-7-10(16)5-6-11(12)15/h5-7H,4H2,1-3H3,(H,17,18,19). The van der Waals surface area contributed by atoms with Gasteiger partial charge in [0.2, 0.25) is 5.88 Å². The molecule has 1 aromatic carbocycles. The first-order valence-electron chi connectivity index (χ1n) is 6.23. The Balaban J connectivity index is 2.40. The second kappa shape index (κ2) is 6.17. The Hall–Kier alpha value is -1.69. The van der Waals surface area contributed by atoms with E-state index in [4.69, 9.17) is 4.74 Å². The third-order valence-electron chi connectivity index (χ3n) is 2.66. The summed E-state index contributed by atoms with van der Waals surface area (Å²) < 4.78 is 19.7. The molecule has 0 unspecified atom stereocenters. The zero-order valence-electron chi connectivity index (χ0n) is 11.5. The number of ether oxygens (including phenoxy) is 1. The molecule has 6 heteroatoms. The van der Waals surface area contributed by atoms with Crippen molar-refractivity contribution in [2.24, 2.45) is 0 Å². The number of benzene rings is 1. The molecule has 0 aliphatic carbocycles. The van der Waals surface area contributed by atoms with Gasteiger partial charge in [-0.2, -0.15) is 4.98 Å². The summed E-state index contributed by atoms with van der Waals surface area (Å²) in [5.41, 5.74) is 0.786. The molecule has 0 amide bonds. The third kappa shape index (κ3) is 3.25. The largest absolute Gasteiger partial charge is 0.437 e. The van der Waals surface area contributed by atoms with Crippen LogP contribution in [0.2, 0.25) is 0 Å². The van der Waals surface area contributed by atoms with Gasteiger partial charge in [0.05, 0.1) is 10.0 Å². The lowest BCUT2D eigenvalue weighted by molar-refractivity contribution is 0.449. The van der Waals surface area contributed by atoms with Gasteiger partial charge in [0, 0.05) is 12.6 Å². The first-order valence-corrected chi connectivity index (χ1v) is 7.02. The topological polar surface area (TPSA) is 47.0 Å². The number of hydrogen-bond acceptors (Lipinski definition) is 4. The molecule has 1 heterocycles. The Labute approximate surface area is 125 Å². The maximum absolute atomic E-state index is 13.3. The predicted molar refractivity (Wildman–Crippen MR) is 79.8 cm³/mol. The summed E-state index contributed by atoms with van der Waals surface area (Å²) in [5.74, 6) is 1.75. The van der Waals surface area contributed by atoms with Crippen molar-refractivity contribution in [2.45, 2.75) is 20.8 Å². The average Bonchev–Trinajstić information content (AvgIpc) is 2.39. The first kappa shape index (κ1) is 14.7. The van der Waals surface area contributed by atoms with E-state index in [9.17, 15) is 4.39 Å². The van der Waals surface area contributed by atoms with Crippen LogP contribution in [0.3, 0.4) is 0 Å². The van der Waals surface area contributed by atoms with E-state index in [2.05, 4.69) is 31.2 Å². The number of nitrogens with zero attached hydrogens (tertiary/aromatic N) is 2. The number of aromatic nitrogens is 2. The number of halogens is 2. The molecule has 0 saturated heterocycles. The molecule has 106 valence electrons. The molecule has 2 aromatic rings. The molecule has 2 rings (SSSR count). The maximum atomic E-state index is 13.3. The minimum atomic E-state index is -0.362. The fourth-order valence-electron chi connectivity index (χ4n) is 1.70. The number of rotatable bonds is 4. The molecular weight excluding hydrogens is 325 g/mol. The minimum Gasteiger partial charge on any atom is -0.437 e. The van der Waals surface area contributed by atoms with Gasteiger partial charge in [-0.25, -0.2) is 9.37 Å². The van der Waals surface area contributed by atoms with Crippen LogP contribution < -0.4 is 10.1 Å². The smallest absolute Gasteiger partial charge is 0.227 e. The van der Waals surface area contributed by atoms with Crippen molar-refractivity contribution in [3.05, 3.63) is 39.9 Å². The van der Waals surface area contributed by atoms with Crippen LogP contribution in [-0.2, 0) is 0 Å². The van der Waals surface area contributed by atoms with E-state index in [1.807, 2.05) is 13.8 Å². The molecule has 0 atom stereocenters. The van der Waals surface area contributed by atoms with Crippen molar-refractivity contribution in [3.63, 3.8) is 0 Å². The molecule has 1 N–H and O–H groups in total. The van der Waals surface area contributed by atoms with Gasteiger partial charge in [0.15, 0.2) is 0 Å². The van der Waals surface area contributed by atoms with E-state index in [0.29, 0.717) is 21.9 Å². The van der Waals surface area contributed by atoms with Gasteiger partial charge < -0.3 is 10.1 Å². The van der Waals surface area contributed by atoms with Crippen LogP contribution in [0.25, 0.3) is 0 Å². The fourth-order valence-corrected chi connectivity index (χ4v) is 2.03. The predicted octanol–water partition coefficient (Wildman–Crippen LogP) is 4.22. The highest BCUT2D eigenvalue weighted by molar-refractivity contribution is 9.10. The number of nitrogens with one attached hydrogen (secondary N) is 1. The highest BCUT2D eigenvalue weighted by Crippen LogP contribution is 2.32. The van der Waals surface area contributed by atoms with Crippen LogP contribution in [0.4, 0.5) is 10.2 Å². The summed E-state index contributed by atoms with van der Waals surface area (Å²) in [6.07, 6.45) is 0. The molecular formula is C14H15BrFN3O. The van der Waals surface area contributed by atoms with Crippen LogP contribution in [0, 0.1) is 19.7 Å². The van der Waals surface area contributed by atoms with E-state index in [0.717, 1.165) is 17.9 Å².